The van der Waals surface area contributed by atoms with Crippen molar-refractivity contribution in [3.05, 3.63) is 94.5 Å². The van der Waals surface area contributed by atoms with Crippen LogP contribution in [0.5, 0.6) is 11.5 Å². The first kappa shape index (κ1) is 24.0. The zero-order valence-electron chi connectivity index (χ0n) is 19.4. The van der Waals surface area contributed by atoms with E-state index in [9.17, 15) is 0 Å². The van der Waals surface area contributed by atoms with E-state index in [1.807, 2.05) is 60.7 Å². The van der Waals surface area contributed by atoms with E-state index in [-0.39, 0.29) is 6.61 Å². The fourth-order valence-corrected chi connectivity index (χ4v) is 3.23. The number of benzene rings is 3. The molecule has 3 rings (SSSR count). The van der Waals surface area contributed by atoms with E-state index in [0.29, 0.717) is 6.61 Å². The number of ether oxygens (including phenoxy) is 2. The molecule has 0 aliphatic carbocycles. The molecule has 0 unspecified atom stereocenters. The van der Waals surface area contributed by atoms with Crippen LogP contribution in [0.15, 0.2) is 66.7 Å². The minimum Gasteiger partial charge on any atom is -0.497 e. The number of rotatable bonds is 8. The van der Waals surface area contributed by atoms with E-state index in [0.717, 1.165) is 65.0 Å². The van der Waals surface area contributed by atoms with Crippen LogP contribution in [-0.2, 0) is 0 Å². The van der Waals surface area contributed by atoms with Gasteiger partial charge in [0.1, 0.15) is 11.5 Å². The average molecular weight is 439 g/mol. The van der Waals surface area contributed by atoms with Crippen molar-refractivity contribution >= 4 is 0 Å². The van der Waals surface area contributed by atoms with Gasteiger partial charge in [0.05, 0.1) is 13.7 Å². The van der Waals surface area contributed by atoms with Gasteiger partial charge in [0.15, 0.2) is 0 Å². The standard InChI is InChI=1S/C30H30O3/c1-24-23-27(10-16-28(24)15-9-26-11-17-29(32-2)18-12-26)8-7-25-13-19-30(20-14-25)33-22-6-4-3-5-21-31/h10-14,16-20,23,31H,3-6,21-22H2,1-2H3. The summed E-state index contributed by atoms with van der Waals surface area (Å²) < 4.78 is 11.0. The third-order valence-electron chi connectivity index (χ3n) is 5.18. The van der Waals surface area contributed by atoms with Crippen molar-refractivity contribution < 1.29 is 14.6 Å². The van der Waals surface area contributed by atoms with Gasteiger partial charge in [-0.2, -0.15) is 0 Å². The molecule has 0 aliphatic heterocycles. The first-order valence-electron chi connectivity index (χ1n) is 11.3. The highest BCUT2D eigenvalue weighted by Gasteiger charge is 1.98. The Kier molecular flexibility index (Phi) is 9.46. The van der Waals surface area contributed by atoms with Crippen molar-refractivity contribution in [2.24, 2.45) is 0 Å². The molecule has 0 amide bonds. The Morgan fingerprint density at radius 3 is 1.88 bits per heavy atom. The van der Waals surface area contributed by atoms with Crippen molar-refractivity contribution in [1.29, 1.82) is 0 Å². The predicted molar refractivity (Wildman–Crippen MR) is 134 cm³/mol. The van der Waals surface area contributed by atoms with E-state index >= 15 is 0 Å². The van der Waals surface area contributed by atoms with Gasteiger partial charge in [-0.25, -0.2) is 0 Å². The predicted octanol–water partition coefficient (Wildman–Crippen LogP) is 5.73. The molecule has 3 nitrogen and oxygen atoms in total. The van der Waals surface area contributed by atoms with Crippen molar-refractivity contribution in [3.63, 3.8) is 0 Å². The van der Waals surface area contributed by atoms with Gasteiger partial charge in [-0.15, -0.1) is 0 Å². The molecule has 0 radical (unpaired) electrons. The van der Waals surface area contributed by atoms with Gasteiger partial charge >= 0.3 is 0 Å². The van der Waals surface area contributed by atoms with Crippen LogP contribution in [0.2, 0.25) is 0 Å². The average Bonchev–Trinajstić information content (AvgIpc) is 2.85. The number of aliphatic hydroxyl groups excluding tert-OH is 1. The molecule has 33 heavy (non-hydrogen) atoms. The molecule has 168 valence electrons. The Morgan fingerprint density at radius 1 is 0.667 bits per heavy atom. The lowest BCUT2D eigenvalue weighted by atomic mass is 10.0. The third kappa shape index (κ3) is 8.08. The summed E-state index contributed by atoms with van der Waals surface area (Å²) in [4.78, 5) is 0. The molecule has 1 N–H and O–H groups in total. The molecular weight excluding hydrogens is 408 g/mol. The highest BCUT2D eigenvalue weighted by molar-refractivity contribution is 5.51. The Labute approximate surface area is 197 Å². The Morgan fingerprint density at radius 2 is 1.24 bits per heavy atom. The zero-order chi connectivity index (χ0) is 23.3. The minimum atomic E-state index is 0.270. The van der Waals surface area contributed by atoms with Crippen LogP contribution >= 0.6 is 0 Å². The quantitative estimate of drug-likeness (QED) is 0.360. The summed E-state index contributed by atoms with van der Waals surface area (Å²) in [6.07, 6.45) is 3.99. The summed E-state index contributed by atoms with van der Waals surface area (Å²) in [7, 11) is 1.66. The highest BCUT2D eigenvalue weighted by atomic mass is 16.5. The molecule has 3 aromatic rings. The molecule has 3 aromatic carbocycles. The number of hydrogen-bond donors (Lipinski definition) is 1. The van der Waals surface area contributed by atoms with E-state index in [1.165, 1.54) is 0 Å². The topological polar surface area (TPSA) is 38.7 Å². The first-order chi connectivity index (χ1) is 16.2. The van der Waals surface area contributed by atoms with Crippen LogP contribution in [-0.4, -0.2) is 25.4 Å². The van der Waals surface area contributed by atoms with E-state index < -0.39 is 0 Å². The second-order valence-electron chi connectivity index (χ2n) is 7.77. The monoisotopic (exact) mass is 438 g/mol. The van der Waals surface area contributed by atoms with Crippen LogP contribution in [0.4, 0.5) is 0 Å². The lowest BCUT2D eigenvalue weighted by Crippen LogP contribution is -1.97. The van der Waals surface area contributed by atoms with Gasteiger partial charge in [-0.3, -0.25) is 0 Å². The van der Waals surface area contributed by atoms with Crippen LogP contribution in [0.1, 0.15) is 53.5 Å². The highest BCUT2D eigenvalue weighted by Crippen LogP contribution is 2.14. The maximum atomic E-state index is 8.79. The first-order valence-corrected chi connectivity index (χ1v) is 11.3. The molecule has 0 heterocycles. The maximum Gasteiger partial charge on any atom is 0.119 e. The SMILES string of the molecule is COc1ccc(C#Cc2ccc(C#Cc3ccc(OCCCCCCO)cc3)cc2C)cc1. The largest absolute Gasteiger partial charge is 0.497 e. The smallest absolute Gasteiger partial charge is 0.119 e. The lowest BCUT2D eigenvalue weighted by molar-refractivity contribution is 0.273. The fraction of sp³-hybridized carbons (Fsp3) is 0.267. The Hall–Kier alpha value is -3.66. The summed E-state index contributed by atoms with van der Waals surface area (Å²) >= 11 is 0. The third-order valence-corrected chi connectivity index (χ3v) is 5.18. The molecule has 0 bridgehead atoms. The van der Waals surface area contributed by atoms with Crippen molar-refractivity contribution in [1.82, 2.24) is 0 Å². The number of unbranched alkanes of at least 4 members (excludes halogenated alkanes) is 3. The van der Waals surface area contributed by atoms with Gasteiger partial charge < -0.3 is 14.6 Å². The Balaban J connectivity index is 1.56. The molecule has 0 spiro atoms. The number of aliphatic hydroxyl groups is 1. The van der Waals surface area contributed by atoms with Gasteiger partial charge in [-0.1, -0.05) is 30.1 Å². The van der Waals surface area contributed by atoms with E-state index in [2.05, 4.69) is 36.7 Å². The van der Waals surface area contributed by atoms with Gasteiger partial charge in [0.2, 0.25) is 0 Å². The van der Waals surface area contributed by atoms with Crippen molar-refractivity contribution in [2.75, 3.05) is 20.3 Å². The molecule has 0 aromatic heterocycles. The number of hydrogen-bond acceptors (Lipinski definition) is 3. The second kappa shape index (κ2) is 13.0. The Bertz CT molecular complexity index is 1140. The zero-order valence-corrected chi connectivity index (χ0v) is 19.4. The van der Waals surface area contributed by atoms with Crippen molar-refractivity contribution in [3.8, 4) is 35.2 Å². The lowest BCUT2D eigenvalue weighted by Gasteiger charge is -2.05. The van der Waals surface area contributed by atoms with Crippen LogP contribution in [0, 0.1) is 30.6 Å². The summed E-state index contributed by atoms with van der Waals surface area (Å²) in [6, 6.07) is 21.7. The molecule has 0 saturated heterocycles. The molecule has 0 atom stereocenters. The maximum absolute atomic E-state index is 8.79. The van der Waals surface area contributed by atoms with Crippen LogP contribution in [0.25, 0.3) is 0 Å². The minimum absolute atomic E-state index is 0.270. The van der Waals surface area contributed by atoms with Crippen LogP contribution < -0.4 is 9.47 Å². The molecule has 0 fully saturated rings. The molecule has 0 aliphatic rings. The van der Waals surface area contributed by atoms with Crippen LogP contribution in [0.3, 0.4) is 0 Å². The fourth-order valence-electron chi connectivity index (χ4n) is 3.23. The summed E-state index contributed by atoms with van der Waals surface area (Å²) in [5, 5.41) is 8.79. The van der Waals surface area contributed by atoms with Gasteiger partial charge in [0, 0.05) is 28.9 Å². The summed E-state index contributed by atoms with van der Waals surface area (Å²) in [5.74, 6) is 14.6. The summed E-state index contributed by atoms with van der Waals surface area (Å²) in [6.45, 7) is 3.02. The molecule has 0 saturated carbocycles. The number of methoxy groups -OCH3 is 1. The van der Waals surface area contributed by atoms with E-state index in [1.54, 1.807) is 7.11 Å². The van der Waals surface area contributed by atoms with Gasteiger partial charge in [-0.05, 0) is 98.5 Å². The van der Waals surface area contributed by atoms with Crippen molar-refractivity contribution in [2.45, 2.75) is 32.6 Å². The normalized spacial score (nSPS) is 9.91. The van der Waals surface area contributed by atoms with E-state index in [4.69, 9.17) is 14.6 Å². The number of aryl methyl sites for hydroxylation is 1. The van der Waals surface area contributed by atoms with Gasteiger partial charge in [0.25, 0.3) is 0 Å². The summed E-state index contributed by atoms with van der Waals surface area (Å²) in [5.41, 5.74) is 4.96. The second-order valence-corrected chi connectivity index (χ2v) is 7.77. The molecular formula is C30H30O3. The molecule has 3 heteroatoms.